The zero-order valence-corrected chi connectivity index (χ0v) is 17.2. The highest BCUT2D eigenvalue weighted by Crippen LogP contribution is 2.40. The Morgan fingerprint density at radius 1 is 1.12 bits per heavy atom. The van der Waals surface area contributed by atoms with Gasteiger partial charge in [0.2, 0.25) is 0 Å². The largest absolute Gasteiger partial charge is 0.573 e. The number of hydrogen-bond acceptors (Lipinski definition) is 5. The van der Waals surface area contributed by atoms with E-state index in [0.29, 0.717) is 18.1 Å². The summed E-state index contributed by atoms with van der Waals surface area (Å²) in [6.07, 6.45) is -0.460. The number of rotatable bonds is 4. The van der Waals surface area contributed by atoms with Gasteiger partial charge >= 0.3 is 6.36 Å². The third-order valence-electron chi connectivity index (χ3n) is 5.67. The summed E-state index contributed by atoms with van der Waals surface area (Å²) in [6, 6.07) is 12.1. The van der Waals surface area contributed by atoms with Crippen molar-refractivity contribution in [1.29, 1.82) is 0 Å². The summed E-state index contributed by atoms with van der Waals surface area (Å²) in [5, 5.41) is 0.821. The van der Waals surface area contributed by atoms with Gasteiger partial charge < -0.3 is 19.9 Å². The van der Waals surface area contributed by atoms with Gasteiger partial charge in [0.1, 0.15) is 23.5 Å². The van der Waals surface area contributed by atoms with Gasteiger partial charge in [-0.1, -0.05) is 12.1 Å². The number of nitrogens with zero attached hydrogens (tertiary/aromatic N) is 4. The van der Waals surface area contributed by atoms with E-state index in [2.05, 4.69) is 20.8 Å². The summed E-state index contributed by atoms with van der Waals surface area (Å²) in [4.78, 5) is 10.5. The maximum Gasteiger partial charge on any atom is 0.573 e. The lowest BCUT2D eigenvalue weighted by Crippen LogP contribution is -2.18. The van der Waals surface area contributed by atoms with Crippen LogP contribution in [-0.4, -0.2) is 27.4 Å². The van der Waals surface area contributed by atoms with E-state index < -0.39 is 6.36 Å². The average molecular weight is 439 g/mol. The molecule has 2 N–H and O–H groups in total. The number of aryl methyl sites for hydroxylation is 1. The van der Waals surface area contributed by atoms with Gasteiger partial charge in [0.15, 0.2) is 0 Å². The monoisotopic (exact) mass is 439 g/mol. The van der Waals surface area contributed by atoms with Crippen LogP contribution in [0.2, 0.25) is 0 Å². The Labute approximate surface area is 182 Å². The summed E-state index contributed by atoms with van der Waals surface area (Å²) in [5.74, 6) is 0.198. The molecule has 0 saturated carbocycles. The molecule has 0 amide bonds. The Morgan fingerprint density at radius 2 is 1.97 bits per heavy atom. The lowest BCUT2D eigenvalue weighted by Gasteiger charge is -2.21. The highest BCUT2D eigenvalue weighted by atomic mass is 19.4. The first kappa shape index (κ1) is 20.2. The fourth-order valence-electron chi connectivity index (χ4n) is 4.29. The Bertz CT molecular complexity index is 1310. The predicted molar refractivity (Wildman–Crippen MR) is 117 cm³/mol. The van der Waals surface area contributed by atoms with Gasteiger partial charge in [0.05, 0.1) is 5.39 Å². The van der Waals surface area contributed by atoms with Crippen LogP contribution in [0, 0.1) is 0 Å². The first-order valence-electron chi connectivity index (χ1n) is 10.2. The molecule has 1 aliphatic rings. The van der Waals surface area contributed by atoms with Gasteiger partial charge in [0.25, 0.3) is 0 Å². The van der Waals surface area contributed by atoms with E-state index in [4.69, 9.17) is 5.73 Å². The number of nitrogens with two attached hydrogens (primary N) is 1. The topological polar surface area (TPSA) is 69.2 Å². The van der Waals surface area contributed by atoms with Crippen LogP contribution < -0.4 is 15.4 Å². The second-order valence-corrected chi connectivity index (χ2v) is 7.58. The molecule has 0 fully saturated rings. The number of ether oxygens (including phenoxy) is 1. The molecule has 6 nitrogen and oxygen atoms in total. The van der Waals surface area contributed by atoms with Gasteiger partial charge in [-0.15, -0.1) is 13.2 Å². The molecular weight excluding hydrogens is 419 g/mol. The molecule has 2 aromatic carbocycles. The molecule has 2 aromatic heterocycles. The molecule has 3 heterocycles. The van der Waals surface area contributed by atoms with Gasteiger partial charge in [-0.3, -0.25) is 0 Å². The number of halogens is 3. The Hall–Kier alpha value is -3.75. The maximum absolute atomic E-state index is 12.6. The molecule has 1 aliphatic heterocycles. The van der Waals surface area contributed by atoms with Crippen molar-refractivity contribution in [1.82, 2.24) is 14.5 Å². The van der Waals surface area contributed by atoms with Crippen molar-refractivity contribution in [2.75, 3.05) is 17.2 Å². The number of benzene rings is 2. The molecular formula is C23H20F3N5O. The fraction of sp³-hybridized carbons (Fsp3) is 0.217. The van der Waals surface area contributed by atoms with Crippen molar-refractivity contribution in [3.8, 4) is 16.9 Å². The molecule has 9 heteroatoms. The minimum absolute atomic E-state index is 0.233. The van der Waals surface area contributed by atoms with E-state index in [9.17, 15) is 13.2 Å². The summed E-state index contributed by atoms with van der Waals surface area (Å²) < 4.78 is 43.9. The van der Waals surface area contributed by atoms with Crippen LogP contribution in [0.5, 0.6) is 5.75 Å². The average Bonchev–Trinajstić information content (AvgIpc) is 3.34. The molecule has 5 rings (SSSR count). The van der Waals surface area contributed by atoms with E-state index in [1.54, 1.807) is 12.1 Å². The van der Waals surface area contributed by atoms with Crippen LogP contribution in [0.1, 0.15) is 12.5 Å². The second-order valence-electron chi connectivity index (χ2n) is 7.58. The standard InChI is InChI=1S/C23H20F3N5O/c1-2-30-12-18(20-21(27)28-13-29-22(20)30)14-6-7-19-15(10-14)8-9-31(19)16-4-3-5-17(11-16)32-23(24,25)26/h3-7,10-13H,2,8-9H2,1H3,(H2,27,28,29). The fourth-order valence-corrected chi connectivity index (χ4v) is 4.29. The van der Waals surface area contributed by atoms with Crippen molar-refractivity contribution >= 4 is 28.2 Å². The molecule has 0 aliphatic carbocycles. The quantitative estimate of drug-likeness (QED) is 0.468. The van der Waals surface area contributed by atoms with E-state index in [1.807, 2.05) is 34.7 Å². The van der Waals surface area contributed by atoms with Crippen LogP contribution in [0.3, 0.4) is 0 Å². The zero-order chi connectivity index (χ0) is 22.5. The highest BCUT2D eigenvalue weighted by molar-refractivity contribution is 6.01. The number of fused-ring (bicyclic) bond motifs is 2. The molecule has 0 spiro atoms. The number of alkyl halides is 3. The lowest BCUT2D eigenvalue weighted by atomic mass is 10.0. The SMILES string of the molecule is CCn1cc(-c2ccc3c(c2)CCN3c2cccc(OC(F)(F)F)c2)c2c(N)ncnc21. The first-order chi connectivity index (χ1) is 15.3. The predicted octanol–water partition coefficient (Wildman–Crippen LogP) is 5.29. The smallest absolute Gasteiger partial charge is 0.406 e. The van der Waals surface area contributed by atoms with E-state index in [1.165, 1.54) is 18.5 Å². The normalized spacial score (nSPS) is 13.6. The van der Waals surface area contributed by atoms with Crippen LogP contribution in [0.4, 0.5) is 30.4 Å². The molecule has 4 aromatic rings. The van der Waals surface area contributed by atoms with Crippen LogP contribution in [0.25, 0.3) is 22.2 Å². The van der Waals surface area contributed by atoms with Crippen LogP contribution in [-0.2, 0) is 13.0 Å². The van der Waals surface area contributed by atoms with E-state index in [-0.39, 0.29) is 5.75 Å². The molecule has 32 heavy (non-hydrogen) atoms. The summed E-state index contributed by atoms with van der Waals surface area (Å²) >= 11 is 0. The Balaban J connectivity index is 1.52. The van der Waals surface area contributed by atoms with Crippen molar-refractivity contribution < 1.29 is 17.9 Å². The summed E-state index contributed by atoms with van der Waals surface area (Å²) in [7, 11) is 0. The molecule has 0 radical (unpaired) electrons. The third-order valence-corrected chi connectivity index (χ3v) is 5.67. The number of anilines is 3. The van der Waals surface area contributed by atoms with Crippen molar-refractivity contribution in [2.24, 2.45) is 0 Å². The third kappa shape index (κ3) is 3.49. The molecule has 0 saturated heterocycles. The number of hydrogen-bond donors (Lipinski definition) is 1. The Kier molecular flexibility index (Phi) is 4.69. The molecule has 0 bridgehead atoms. The highest BCUT2D eigenvalue weighted by Gasteiger charge is 2.31. The molecule has 0 unspecified atom stereocenters. The van der Waals surface area contributed by atoms with Crippen molar-refractivity contribution in [3.05, 3.63) is 60.6 Å². The van der Waals surface area contributed by atoms with Crippen molar-refractivity contribution in [3.63, 3.8) is 0 Å². The van der Waals surface area contributed by atoms with Gasteiger partial charge in [-0.05, 0) is 48.7 Å². The van der Waals surface area contributed by atoms with E-state index in [0.717, 1.165) is 46.4 Å². The van der Waals surface area contributed by atoms with Gasteiger partial charge in [0, 0.05) is 42.3 Å². The van der Waals surface area contributed by atoms with Crippen LogP contribution in [0.15, 0.2) is 55.0 Å². The van der Waals surface area contributed by atoms with Crippen molar-refractivity contribution in [2.45, 2.75) is 26.3 Å². The number of aromatic nitrogens is 3. The zero-order valence-electron chi connectivity index (χ0n) is 17.2. The maximum atomic E-state index is 12.6. The lowest BCUT2D eigenvalue weighted by molar-refractivity contribution is -0.274. The minimum Gasteiger partial charge on any atom is -0.406 e. The summed E-state index contributed by atoms with van der Waals surface area (Å²) in [5.41, 5.74) is 11.6. The first-order valence-corrected chi connectivity index (χ1v) is 10.2. The van der Waals surface area contributed by atoms with Crippen LogP contribution >= 0.6 is 0 Å². The van der Waals surface area contributed by atoms with Gasteiger partial charge in [-0.2, -0.15) is 0 Å². The molecule has 164 valence electrons. The van der Waals surface area contributed by atoms with E-state index >= 15 is 0 Å². The van der Waals surface area contributed by atoms with Gasteiger partial charge in [-0.25, -0.2) is 9.97 Å². The molecule has 0 atom stereocenters. The Morgan fingerprint density at radius 3 is 2.75 bits per heavy atom. The minimum atomic E-state index is -4.72. The second kappa shape index (κ2) is 7.44. The number of nitrogen functional groups attached to an aromatic ring is 1. The summed E-state index contributed by atoms with van der Waals surface area (Å²) in [6.45, 7) is 3.46.